The molecule has 0 radical (unpaired) electrons. The van der Waals surface area contributed by atoms with Crippen molar-refractivity contribution in [1.82, 2.24) is 9.78 Å². The van der Waals surface area contributed by atoms with E-state index in [0.29, 0.717) is 6.54 Å². The van der Waals surface area contributed by atoms with Crippen LogP contribution in [0.3, 0.4) is 0 Å². The summed E-state index contributed by atoms with van der Waals surface area (Å²) in [4.78, 5) is 24.3. The molecule has 0 aliphatic rings. The van der Waals surface area contributed by atoms with Gasteiger partial charge in [-0.3, -0.25) is 9.59 Å². The van der Waals surface area contributed by atoms with Gasteiger partial charge in [0.1, 0.15) is 0 Å². The first-order valence-corrected chi connectivity index (χ1v) is 7.61. The van der Waals surface area contributed by atoms with Crippen LogP contribution in [0, 0.1) is 0 Å². The predicted molar refractivity (Wildman–Crippen MR) is 93.8 cm³/mol. The van der Waals surface area contributed by atoms with Gasteiger partial charge in [-0.1, -0.05) is 66.7 Å². The highest BCUT2D eigenvalue weighted by Crippen LogP contribution is 2.04. The van der Waals surface area contributed by atoms with Crippen molar-refractivity contribution in [3.63, 3.8) is 0 Å². The van der Waals surface area contributed by atoms with Crippen LogP contribution in [-0.4, -0.2) is 15.6 Å². The molecule has 0 bridgehead atoms. The van der Waals surface area contributed by atoms with Gasteiger partial charge in [0.05, 0.1) is 12.7 Å². The maximum Gasteiger partial charge on any atom is 0.267 e. The van der Waals surface area contributed by atoms with E-state index in [0.717, 1.165) is 11.1 Å². The molecule has 0 fully saturated rings. The zero-order chi connectivity index (χ0) is 16.8. The number of hydrogen-bond acceptors (Lipinski definition) is 3. The lowest BCUT2D eigenvalue weighted by Crippen LogP contribution is -2.23. The smallest absolute Gasteiger partial charge is 0.267 e. The quantitative estimate of drug-likeness (QED) is 0.536. The zero-order valence-corrected chi connectivity index (χ0v) is 13.0. The van der Waals surface area contributed by atoms with Crippen molar-refractivity contribution >= 4 is 11.9 Å². The van der Waals surface area contributed by atoms with E-state index in [2.05, 4.69) is 5.10 Å². The Hall–Kier alpha value is -3.27. The molecule has 0 amide bonds. The second-order valence-electron chi connectivity index (χ2n) is 5.33. The molecule has 0 N–H and O–H groups in total. The summed E-state index contributed by atoms with van der Waals surface area (Å²) in [7, 11) is 0. The van der Waals surface area contributed by atoms with E-state index in [-0.39, 0.29) is 16.9 Å². The summed E-state index contributed by atoms with van der Waals surface area (Å²) in [5.41, 5.74) is 1.90. The molecule has 0 saturated carbocycles. The minimum absolute atomic E-state index is 0.240. The number of nitrogens with zero attached hydrogens (tertiary/aromatic N) is 2. The zero-order valence-electron chi connectivity index (χ0n) is 13.0. The van der Waals surface area contributed by atoms with Crippen molar-refractivity contribution in [1.29, 1.82) is 0 Å². The number of carbonyl (C=O) groups is 1. The Morgan fingerprint density at radius 2 is 1.67 bits per heavy atom. The van der Waals surface area contributed by atoms with Crippen molar-refractivity contribution in [2.75, 3.05) is 0 Å². The number of allylic oxidation sites excluding steroid dienone is 1. The first kappa shape index (κ1) is 15.6. The van der Waals surface area contributed by atoms with Crippen LogP contribution in [0.5, 0.6) is 0 Å². The Morgan fingerprint density at radius 3 is 2.33 bits per heavy atom. The maximum atomic E-state index is 12.2. The van der Waals surface area contributed by atoms with Gasteiger partial charge in [-0.2, -0.15) is 5.10 Å². The first-order chi connectivity index (χ1) is 11.7. The van der Waals surface area contributed by atoms with Gasteiger partial charge in [0.25, 0.3) is 5.56 Å². The Kier molecular flexibility index (Phi) is 4.77. The Bertz CT molecular complexity index is 913. The normalized spacial score (nSPS) is 10.8. The molecule has 4 heteroatoms. The fourth-order valence-corrected chi connectivity index (χ4v) is 2.28. The standard InChI is InChI=1S/C20H16N2O2/c23-19(12-11-16-7-3-1-4-8-16)18-13-20(24)22(21-14-18)15-17-9-5-2-6-10-17/h1-14H,15H2/b12-11+. The average molecular weight is 316 g/mol. The topological polar surface area (TPSA) is 52.0 Å². The van der Waals surface area contributed by atoms with E-state index in [1.54, 1.807) is 6.08 Å². The lowest BCUT2D eigenvalue weighted by Gasteiger charge is -2.04. The van der Waals surface area contributed by atoms with Crippen molar-refractivity contribution in [2.45, 2.75) is 6.54 Å². The summed E-state index contributed by atoms with van der Waals surface area (Å²) in [6.45, 7) is 0.383. The fraction of sp³-hybridized carbons (Fsp3) is 0.0500. The Balaban J connectivity index is 1.76. The van der Waals surface area contributed by atoms with Crippen molar-refractivity contribution in [2.24, 2.45) is 0 Å². The summed E-state index contributed by atoms with van der Waals surface area (Å²) in [6.07, 6.45) is 4.60. The molecule has 1 aromatic heterocycles. The summed E-state index contributed by atoms with van der Waals surface area (Å²) < 4.78 is 1.34. The Labute approximate surface area is 139 Å². The average Bonchev–Trinajstić information content (AvgIpc) is 2.63. The van der Waals surface area contributed by atoms with Crippen LogP contribution in [0.25, 0.3) is 6.08 Å². The molecule has 0 saturated heterocycles. The molecule has 0 aliphatic heterocycles. The molecule has 0 spiro atoms. The molecule has 0 aliphatic carbocycles. The van der Waals surface area contributed by atoms with Crippen LogP contribution in [0.15, 0.2) is 83.8 Å². The van der Waals surface area contributed by atoms with Gasteiger partial charge in [0.15, 0.2) is 5.78 Å². The third-order valence-electron chi connectivity index (χ3n) is 3.56. The molecule has 2 aromatic carbocycles. The van der Waals surface area contributed by atoms with Crippen LogP contribution >= 0.6 is 0 Å². The van der Waals surface area contributed by atoms with Crippen LogP contribution < -0.4 is 5.56 Å². The van der Waals surface area contributed by atoms with E-state index in [9.17, 15) is 9.59 Å². The number of rotatable bonds is 5. The van der Waals surface area contributed by atoms with Crippen LogP contribution in [0.4, 0.5) is 0 Å². The number of hydrogen-bond donors (Lipinski definition) is 0. The second-order valence-corrected chi connectivity index (χ2v) is 5.33. The molecule has 4 nitrogen and oxygen atoms in total. The van der Waals surface area contributed by atoms with E-state index in [4.69, 9.17) is 0 Å². The minimum Gasteiger partial charge on any atom is -0.289 e. The highest BCUT2D eigenvalue weighted by atomic mass is 16.1. The van der Waals surface area contributed by atoms with E-state index in [1.807, 2.05) is 60.7 Å². The van der Waals surface area contributed by atoms with Gasteiger partial charge >= 0.3 is 0 Å². The summed E-state index contributed by atoms with van der Waals surface area (Å²) >= 11 is 0. The summed E-state index contributed by atoms with van der Waals surface area (Å²) in [5, 5.41) is 4.10. The minimum atomic E-state index is -0.294. The van der Waals surface area contributed by atoms with Gasteiger partial charge < -0.3 is 0 Å². The van der Waals surface area contributed by atoms with Gasteiger partial charge in [-0.25, -0.2) is 4.68 Å². The molecule has 24 heavy (non-hydrogen) atoms. The van der Waals surface area contributed by atoms with Gasteiger partial charge in [0, 0.05) is 11.6 Å². The fourth-order valence-electron chi connectivity index (χ4n) is 2.28. The largest absolute Gasteiger partial charge is 0.289 e. The van der Waals surface area contributed by atoms with Crippen LogP contribution in [-0.2, 0) is 6.54 Å². The number of ketones is 1. The number of benzene rings is 2. The predicted octanol–water partition coefficient (Wildman–Crippen LogP) is 3.19. The molecule has 3 rings (SSSR count). The monoisotopic (exact) mass is 316 g/mol. The third kappa shape index (κ3) is 3.93. The molecular weight excluding hydrogens is 300 g/mol. The maximum absolute atomic E-state index is 12.2. The van der Waals surface area contributed by atoms with Crippen LogP contribution in [0.2, 0.25) is 0 Å². The van der Waals surface area contributed by atoms with E-state index in [1.165, 1.54) is 23.0 Å². The molecule has 1 heterocycles. The highest BCUT2D eigenvalue weighted by molar-refractivity contribution is 6.06. The SMILES string of the molecule is O=C(/C=C/c1ccccc1)c1cnn(Cc2ccccc2)c(=O)c1. The molecule has 118 valence electrons. The molecular formula is C20H16N2O2. The molecule has 3 aromatic rings. The summed E-state index contributed by atoms with van der Waals surface area (Å²) in [5.74, 6) is -0.240. The second kappa shape index (κ2) is 7.33. The molecule has 0 unspecified atom stereocenters. The summed E-state index contributed by atoms with van der Waals surface area (Å²) in [6, 6.07) is 20.4. The van der Waals surface area contributed by atoms with Crippen molar-refractivity contribution < 1.29 is 4.79 Å². The van der Waals surface area contributed by atoms with Gasteiger partial charge in [-0.15, -0.1) is 0 Å². The van der Waals surface area contributed by atoms with Crippen molar-refractivity contribution in [3.8, 4) is 0 Å². The van der Waals surface area contributed by atoms with E-state index >= 15 is 0 Å². The van der Waals surface area contributed by atoms with Crippen molar-refractivity contribution in [3.05, 3.63) is 106 Å². The van der Waals surface area contributed by atoms with Crippen LogP contribution in [0.1, 0.15) is 21.5 Å². The highest BCUT2D eigenvalue weighted by Gasteiger charge is 2.06. The number of aromatic nitrogens is 2. The first-order valence-electron chi connectivity index (χ1n) is 7.61. The lowest BCUT2D eigenvalue weighted by atomic mass is 10.1. The Morgan fingerprint density at radius 1 is 1.00 bits per heavy atom. The lowest BCUT2D eigenvalue weighted by molar-refractivity contribution is 0.104. The van der Waals surface area contributed by atoms with Gasteiger partial charge in [-0.05, 0) is 17.2 Å². The van der Waals surface area contributed by atoms with E-state index < -0.39 is 0 Å². The van der Waals surface area contributed by atoms with Gasteiger partial charge in [0.2, 0.25) is 0 Å². The molecule has 0 atom stereocenters. The third-order valence-corrected chi connectivity index (χ3v) is 3.56. The number of carbonyl (C=O) groups excluding carboxylic acids is 1.